The molecule has 0 amide bonds. The first-order valence-electron chi connectivity index (χ1n) is 22.0. The molecular formula is C48H51NO21. The summed E-state index contributed by atoms with van der Waals surface area (Å²) in [5, 5.41) is 13.9. The number of hydrogen-bond donors (Lipinski definition) is 1. The first-order valence-corrected chi connectivity index (χ1v) is 22.0. The molecule has 22 heteroatoms. The monoisotopic (exact) mass is 977 g/mol. The van der Waals surface area contributed by atoms with Crippen LogP contribution in [0.5, 0.6) is 0 Å². The van der Waals surface area contributed by atoms with Gasteiger partial charge in [-0.05, 0) is 57.5 Å². The van der Waals surface area contributed by atoms with Crippen LogP contribution in [-0.2, 0) is 82.6 Å². The molecule has 0 radical (unpaired) electrons. The van der Waals surface area contributed by atoms with Crippen molar-refractivity contribution in [3.8, 4) is 0 Å². The molecule has 1 spiro atoms. The average Bonchev–Trinajstić information content (AvgIpc) is 3.91. The summed E-state index contributed by atoms with van der Waals surface area (Å²) in [4.78, 5) is 130. The Morgan fingerprint density at radius 3 is 1.96 bits per heavy atom. The van der Waals surface area contributed by atoms with E-state index in [2.05, 4.69) is 4.98 Å². The normalized spacial score (nSPS) is 33.3. The number of esters is 9. The summed E-state index contributed by atoms with van der Waals surface area (Å²) >= 11 is 0. The second-order valence-electron chi connectivity index (χ2n) is 18.1. The van der Waals surface area contributed by atoms with E-state index in [0.717, 1.165) is 54.7 Å². The number of benzene rings is 1. The van der Waals surface area contributed by atoms with Crippen molar-refractivity contribution in [3.05, 3.63) is 89.6 Å². The fourth-order valence-corrected chi connectivity index (χ4v) is 10.5. The zero-order chi connectivity index (χ0) is 51.1. The van der Waals surface area contributed by atoms with Crippen LogP contribution >= 0.6 is 0 Å². The maximum Gasteiger partial charge on any atom is 0.350 e. The van der Waals surface area contributed by atoms with Gasteiger partial charge in [0, 0.05) is 47.2 Å². The summed E-state index contributed by atoms with van der Waals surface area (Å²) in [6.07, 6.45) is -10.3. The predicted molar refractivity (Wildman–Crippen MR) is 229 cm³/mol. The Balaban J connectivity index is 1.62. The number of aliphatic hydroxyl groups is 1. The van der Waals surface area contributed by atoms with E-state index in [1.807, 2.05) is 0 Å². The van der Waals surface area contributed by atoms with E-state index in [1.54, 1.807) is 6.07 Å². The van der Waals surface area contributed by atoms with Gasteiger partial charge in [0.25, 0.3) is 0 Å². The van der Waals surface area contributed by atoms with E-state index in [-0.39, 0.29) is 28.8 Å². The van der Waals surface area contributed by atoms with Crippen LogP contribution < -0.4 is 0 Å². The average molecular weight is 978 g/mol. The van der Waals surface area contributed by atoms with Crippen LogP contribution in [0.2, 0.25) is 0 Å². The fourth-order valence-electron chi connectivity index (χ4n) is 10.5. The summed E-state index contributed by atoms with van der Waals surface area (Å²) in [5.41, 5.74) is -13.8. The van der Waals surface area contributed by atoms with Gasteiger partial charge >= 0.3 is 53.7 Å². The summed E-state index contributed by atoms with van der Waals surface area (Å²) in [7, 11) is 0. The Bertz CT molecular complexity index is 2580. The molecule has 4 aliphatic rings. The number of hydrogen-bond acceptors (Lipinski definition) is 22. The molecule has 4 bridgehead atoms. The summed E-state index contributed by atoms with van der Waals surface area (Å²) in [6.45, 7) is 6.29. The van der Waals surface area contributed by atoms with Crippen molar-refractivity contribution < 1.29 is 100 Å². The van der Waals surface area contributed by atoms with Gasteiger partial charge < -0.3 is 56.9 Å². The van der Waals surface area contributed by atoms with Crippen LogP contribution in [0.3, 0.4) is 0 Å². The standard InChI is InChI=1S/C48H51NO21/c1-24(50)61-23-47-38(65-27(4)53)34(63-25(2)51)33-36(64-26(3)52)48(47)46(8,59)37(35(39(47)66-28(5)54)67-40(55)29-13-10-9-11-14-29)68-43(58)44(6,69-41(56)30-17-20-60-21-30)18-16-32-31(15-12-19-49-32)42(57)62-22-45(33,7)70-48/h9-15,17,19-21,33-39,59H,16,18,22-23H2,1-8H3/t33-,34-,35+,36-,37+,38-,39+,44+,45+,46+,47-,48+/m1/s1. The molecule has 22 nitrogen and oxygen atoms in total. The van der Waals surface area contributed by atoms with Crippen LogP contribution in [0.25, 0.3) is 0 Å². The number of aromatic nitrogens is 1. The highest BCUT2D eigenvalue weighted by Crippen LogP contribution is 2.70. The third-order valence-electron chi connectivity index (χ3n) is 13.2. The second kappa shape index (κ2) is 18.9. The number of aryl methyl sites for hydroxylation is 1. The van der Waals surface area contributed by atoms with Gasteiger partial charge in [-0.15, -0.1) is 0 Å². The predicted octanol–water partition coefficient (Wildman–Crippen LogP) is 2.73. The number of carbonyl (C=O) groups is 9. The lowest BCUT2D eigenvalue weighted by Crippen LogP contribution is -2.89. The van der Waals surface area contributed by atoms with Crippen molar-refractivity contribution in [1.82, 2.24) is 4.98 Å². The Hall–Kier alpha value is -7.20. The van der Waals surface area contributed by atoms with Crippen LogP contribution in [0, 0.1) is 11.3 Å². The van der Waals surface area contributed by atoms with Crippen molar-refractivity contribution in [1.29, 1.82) is 0 Å². The highest BCUT2D eigenvalue weighted by atomic mass is 16.7. The highest BCUT2D eigenvalue weighted by Gasteiger charge is 2.92. The summed E-state index contributed by atoms with van der Waals surface area (Å²) in [5.74, 6) is -11.9. The molecule has 2 saturated carbocycles. The highest BCUT2D eigenvalue weighted by molar-refractivity contribution is 5.93. The molecule has 2 aliphatic heterocycles. The number of nitrogens with zero attached hydrogens (tertiary/aromatic N) is 1. The smallest absolute Gasteiger partial charge is 0.350 e. The SMILES string of the molecule is CC(=O)OC[C@]12[C@H](OC(C)=O)[C@H](OC(C)=O)[C@@H]3[C@@H](OC(C)=O)[C@@]14O[C@@]3(C)COC(=O)c1cccnc1CC[C@](C)(OC(=O)c1ccoc1)C(=O)O[C@@H]([C@H](OC(=O)c1ccccc1)[C@@H]2OC(C)=O)[C@]4(C)O. The maximum absolute atomic E-state index is 15.3. The zero-order valence-electron chi connectivity index (χ0n) is 39.3. The quantitative estimate of drug-likeness (QED) is 0.226. The Morgan fingerprint density at radius 2 is 1.36 bits per heavy atom. The van der Waals surface area contributed by atoms with Crippen LogP contribution in [0.1, 0.15) is 98.6 Å². The van der Waals surface area contributed by atoms with E-state index in [1.165, 1.54) is 61.8 Å². The zero-order valence-corrected chi connectivity index (χ0v) is 39.3. The Kier molecular flexibility index (Phi) is 13.7. The van der Waals surface area contributed by atoms with Gasteiger partial charge in [-0.2, -0.15) is 0 Å². The number of fused-ring (bicyclic) bond motifs is 5. The Morgan fingerprint density at radius 1 is 0.729 bits per heavy atom. The van der Waals surface area contributed by atoms with Gasteiger partial charge in [-0.3, -0.25) is 29.0 Å². The minimum atomic E-state index is -3.07. The fraction of sp³-hybridized carbons (Fsp3) is 0.500. The molecule has 1 aromatic carbocycles. The van der Waals surface area contributed by atoms with E-state index in [9.17, 15) is 43.5 Å². The third-order valence-corrected chi connectivity index (χ3v) is 13.2. The number of carbonyl (C=O) groups excluding carboxylic acids is 9. The van der Waals surface area contributed by atoms with E-state index < -0.39 is 144 Å². The first-order chi connectivity index (χ1) is 32.9. The van der Waals surface area contributed by atoms with Gasteiger partial charge in [-0.1, -0.05) is 18.2 Å². The molecule has 12 atom stereocenters. The third kappa shape index (κ3) is 8.73. The molecule has 2 aliphatic carbocycles. The van der Waals surface area contributed by atoms with Crippen molar-refractivity contribution in [2.45, 2.75) is 127 Å². The van der Waals surface area contributed by atoms with E-state index in [0.29, 0.717) is 0 Å². The topological polar surface area (TPSA) is 292 Å². The number of furan rings is 1. The summed E-state index contributed by atoms with van der Waals surface area (Å²) < 4.78 is 66.7. The molecule has 1 N–H and O–H groups in total. The number of pyridine rings is 1. The van der Waals surface area contributed by atoms with Gasteiger partial charge in [-0.25, -0.2) is 19.2 Å². The molecule has 7 rings (SSSR count). The lowest BCUT2D eigenvalue weighted by molar-refractivity contribution is -0.386. The molecule has 1 saturated heterocycles. The molecule has 374 valence electrons. The second-order valence-corrected chi connectivity index (χ2v) is 18.1. The van der Waals surface area contributed by atoms with Crippen molar-refractivity contribution in [3.63, 3.8) is 0 Å². The molecule has 3 aromatic rings. The molecule has 4 heterocycles. The minimum Gasteiger partial charge on any atom is -0.472 e. The van der Waals surface area contributed by atoms with Gasteiger partial charge in [0.1, 0.15) is 48.3 Å². The van der Waals surface area contributed by atoms with Gasteiger partial charge in [0.15, 0.2) is 30.0 Å². The number of cyclic esters (lactones) is 1. The molecular weight excluding hydrogens is 927 g/mol. The lowest BCUT2D eigenvalue weighted by atomic mass is 9.45. The van der Waals surface area contributed by atoms with Crippen molar-refractivity contribution in [2.24, 2.45) is 11.3 Å². The van der Waals surface area contributed by atoms with Crippen LogP contribution in [0.4, 0.5) is 0 Å². The van der Waals surface area contributed by atoms with Gasteiger partial charge in [0.05, 0.1) is 34.6 Å². The Labute approximate surface area is 399 Å². The number of rotatable bonds is 10. The molecule has 70 heavy (non-hydrogen) atoms. The summed E-state index contributed by atoms with van der Waals surface area (Å²) in [6, 6.07) is 11.3. The van der Waals surface area contributed by atoms with Gasteiger partial charge in [0.2, 0.25) is 5.60 Å². The largest absolute Gasteiger partial charge is 0.472 e. The molecule has 3 fully saturated rings. The first kappa shape index (κ1) is 50.7. The van der Waals surface area contributed by atoms with Crippen LogP contribution in [0.15, 0.2) is 71.7 Å². The molecule has 2 aromatic heterocycles. The number of ether oxygens (including phenoxy) is 10. The lowest BCUT2D eigenvalue weighted by Gasteiger charge is -2.67. The van der Waals surface area contributed by atoms with E-state index >= 15 is 4.79 Å². The van der Waals surface area contributed by atoms with Crippen LogP contribution in [-0.4, -0.2) is 136 Å². The van der Waals surface area contributed by atoms with Crippen molar-refractivity contribution in [2.75, 3.05) is 13.2 Å². The van der Waals surface area contributed by atoms with Crippen molar-refractivity contribution >= 4 is 53.7 Å². The van der Waals surface area contributed by atoms with E-state index in [4.69, 9.17) is 51.8 Å². The minimum absolute atomic E-state index is 0.0387. The maximum atomic E-state index is 15.3. The molecule has 0 unspecified atom stereocenters.